The van der Waals surface area contributed by atoms with E-state index in [1.807, 2.05) is 12.1 Å². The van der Waals surface area contributed by atoms with Crippen molar-refractivity contribution in [1.29, 1.82) is 0 Å². The van der Waals surface area contributed by atoms with Crippen molar-refractivity contribution < 1.29 is 13.6 Å². The molecule has 0 N–H and O–H groups in total. The van der Waals surface area contributed by atoms with Crippen molar-refractivity contribution in [3.05, 3.63) is 70.8 Å². The number of halogens is 2. The summed E-state index contributed by atoms with van der Waals surface area (Å²) < 4.78 is 26.7. The van der Waals surface area contributed by atoms with E-state index in [1.54, 1.807) is 12.1 Å². The summed E-state index contributed by atoms with van der Waals surface area (Å²) in [7, 11) is 0. The maximum absolute atomic E-state index is 13.8. The molecular weight excluding hydrogens is 234 g/mol. The van der Waals surface area contributed by atoms with E-state index in [1.165, 1.54) is 12.1 Å². The van der Waals surface area contributed by atoms with E-state index in [-0.39, 0.29) is 18.1 Å². The van der Waals surface area contributed by atoms with Crippen LogP contribution in [0.1, 0.15) is 33.8 Å². The number of hydrogen-bond donors (Lipinski definition) is 0. The molecular formula is C15H10F2O. The molecule has 0 aromatic heterocycles. The van der Waals surface area contributed by atoms with Gasteiger partial charge in [0, 0.05) is 24.0 Å². The lowest BCUT2D eigenvalue weighted by atomic mass is 9.92. The molecule has 3 rings (SSSR count). The Morgan fingerprint density at radius 1 is 1.00 bits per heavy atom. The Morgan fingerprint density at radius 2 is 1.78 bits per heavy atom. The first-order valence-electron chi connectivity index (χ1n) is 5.74. The highest BCUT2D eigenvalue weighted by molar-refractivity contribution is 6.01. The van der Waals surface area contributed by atoms with E-state index >= 15 is 0 Å². The highest BCUT2D eigenvalue weighted by atomic mass is 19.1. The number of rotatable bonds is 1. The number of benzene rings is 2. The van der Waals surface area contributed by atoms with Gasteiger partial charge in [-0.15, -0.1) is 0 Å². The van der Waals surface area contributed by atoms with Gasteiger partial charge in [-0.05, 0) is 17.2 Å². The molecule has 1 aliphatic carbocycles. The van der Waals surface area contributed by atoms with E-state index in [0.29, 0.717) is 11.1 Å². The highest BCUT2D eigenvalue weighted by Gasteiger charge is 2.31. The summed E-state index contributed by atoms with van der Waals surface area (Å²) in [6.07, 6.45) is 0.252. The van der Waals surface area contributed by atoms with Gasteiger partial charge >= 0.3 is 0 Å². The van der Waals surface area contributed by atoms with E-state index in [2.05, 4.69) is 0 Å². The number of fused-ring (bicyclic) bond motifs is 1. The molecule has 0 heterocycles. The number of hydrogen-bond acceptors (Lipinski definition) is 1. The van der Waals surface area contributed by atoms with Crippen LogP contribution < -0.4 is 0 Å². The molecule has 0 saturated heterocycles. The molecule has 0 saturated carbocycles. The Kier molecular flexibility index (Phi) is 2.47. The Morgan fingerprint density at radius 3 is 2.56 bits per heavy atom. The molecule has 3 heteroatoms. The van der Waals surface area contributed by atoms with Crippen molar-refractivity contribution in [1.82, 2.24) is 0 Å². The van der Waals surface area contributed by atoms with Gasteiger partial charge in [-0.3, -0.25) is 4.79 Å². The molecule has 0 fully saturated rings. The van der Waals surface area contributed by atoms with Crippen molar-refractivity contribution in [2.75, 3.05) is 0 Å². The number of Topliss-reactive ketones (excluding diaryl/α,β-unsaturated/α-hetero) is 1. The van der Waals surface area contributed by atoms with Crippen LogP contribution >= 0.6 is 0 Å². The van der Waals surface area contributed by atoms with Gasteiger partial charge in [0.15, 0.2) is 5.78 Å². The summed E-state index contributed by atoms with van der Waals surface area (Å²) in [5, 5.41) is 0. The molecule has 0 amide bonds. The van der Waals surface area contributed by atoms with E-state index in [0.717, 1.165) is 11.6 Å². The fourth-order valence-electron chi connectivity index (χ4n) is 2.52. The normalized spacial score (nSPS) is 17.9. The SMILES string of the molecule is O=C1CC(c2ccc(F)cc2F)c2ccccc21. The van der Waals surface area contributed by atoms with Crippen molar-refractivity contribution in [3.8, 4) is 0 Å². The van der Waals surface area contributed by atoms with Crippen LogP contribution in [0.15, 0.2) is 42.5 Å². The third kappa shape index (κ3) is 1.63. The van der Waals surface area contributed by atoms with E-state index in [4.69, 9.17) is 0 Å². The molecule has 1 aliphatic rings. The van der Waals surface area contributed by atoms with Gasteiger partial charge in [0.1, 0.15) is 11.6 Å². The Hall–Kier alpha value is -2.03. The lowest BCUT2D eigenvalue weighted by molar-refractivity contribution is 0.0991. The Bertz CT molecular complexity index is 634. The quantitative estimate of drug-likeness (QED) is 0.747. The van der Waals surface area contributed by atoms with Crippen molar-refractivity contribution in [2.45, 2.75) is 12.3 Å². The van der Waals surface area contributed by atoms with Crippen molar-refractivity contribution in [3.63, 3.8) is 0 Å². The molecule has 2 aromatic rings. The molecule has 1 unspecified atom stereocenters. The fourth-order valence-corrected chi connectivity index (χ4v) is 2.52. The molecule has 0 radical (unpaired) electrons. The summed E-state index contributed by atoms with van der Waals surface area (Å²) in [4.78, 5) is 11.8. The summed E-state index contributed by atoms with van der Waals surface area (Å²) in [6, 6.07) is 10.7. The Labute approximate surface area is 103 Å². The summed E-state index contributed by atoms with van der Waals surface area (Å²) in [5.74, 6) is -1.48. The zero-order chi connectivity index (χ0) is 12.7. The number of carbonyl (C=O) groups excluding carboxylic acids is 1. The monoisotopic (exact) mass is 244 g/mol. The smallest absolute Gasteiger partial charge is 0.164 e. The van der Waals surface area contributed by atoms with Crippen molar-refractivity contribution in [2.24, 2.45) is 0 Å². The van der Waals surface area contributed by atoms with Crippen LogP contribution in [-0.2, 0) is 0 Å². The molecule has 0 bridgehead atoms. The first-order valence-corrected chi connectivity index (χ1v) is 5.74. The van der Waals surface area contributed by atoms with Crippen LogP contribution in [0.4, 0.5) is 8.78 Å². The minimum atomic E-state index is -0.603. The van der Waals surface area contributed by atoms with Gasteiger partial charge in [-0.25, -0.2) is 8.78 Å². The van der Waals surface area contributed by atoms with Crippen molar-refractivity contribution >= 4 is 5.78 Å². The van der Waals surface area contributed by atoms with Gasteiger partial charge in [0.25, 0.3) is 0 Å². The molecule has 90 valence electrons. The lowest BCUT2D eigenvalue weighted by Crippen LogP contribution is -2.00. The fraction of sp³-hybridized carbons (Fsp3) is 0.133. The molecule has 1 nitrogen and oxygen atoms in total. The number of ketones is 1. The second-order valence-corrected chi connectivity index (χ2v) is 4.43. The summed E-state index contributed by atoms with van der Waals surface area (Å²) >= 11 is 0. The second-order valence-electron chi connectivity index (χ2n) is 4.43. The van der Waals surface area contributed by atoms with Crippen LogP contribution in [0, 0.1) is 11.6 Å². The average Bonchev–Trinajstić information content (AvgIpc) is 2.68. The minimum Gasteiger partial charge on any atom is -0.294 e. The zero-order valence-electron chi connectivity index (χ0n) is 9.49. The maximum Gasteiger partial charge on any atom is 0.164 e. The van der Waals surface area contributed by atoms with Crippen LogP contribution in [-0.4, -0.2) is 5.78 Å². The minimum absolute atomic E-state index is 0.0133. The highest BCUT2D eigenvalue weighted by Crippen LogP contribution is 2.38. The van der Waals surface area contributed by atoms with E-state index < -0.39 is 11.6 Å². The molecule has 2 aromatic carbocycles. The molecule has 1 atom stereocenters. The van der Waals surface area contributed by atoms with Crippen LogP contribution in [0.2, 0.25) is 0 Å². The molecule has 0 spiro atoms. The lowest BCUT2D eigenvalue weighted by Gasteiger charge is -2.12. The maximum atomic E-state index is 13.8. The third-order valence-electron chi connectivity index (χ3n) is 3.36. The summed E-state index contributed by atoms with van der Waals surface area (Å²) in [6.45, 7) is 0. The standard InChI is InChI=1S/C15H10F2O/c16-9-5-6-11(14(17)7-9)13-8-15(18)12-4-2-1-3-10(12)13/h1-7,13H,8H2. The second kappa shape index (κ2) is 4.02. The summed E-state index contributed by atoms with van der Waals surface area (Å²) in [5.41, 5.74) is 1.86. The topological polar surface area (TPSA) is 17.1 Å². The predicted octanol–water partition coefficient (Wildman–Crippen LogP) is 3.68. The molecule has 18 heavy (non-hydrogen) atoms. The number of carbonyl (C=O) groups is 1. The largest absolute Gasteiger partial charge is 0.294 e. The van der Waals surface area contributed by atoms with Gasteiger partial charge in [0.05, 0.1) is 0 Å². The zero-order valence-corrected chi connectivity index (χ0v) is 9.49. The predicted molar refractivity (Wildman–Crippen MR) is 63.6 cm³/mol. The molecule has 0 aliphatic heterocycles. The first-order chi connectivity index (χ1) is 8.66. The van der Waals surface area contributed by atoms with Gasteiger partial charge in [-0.2, -0.15) is 0 Å². The van der Waals surface area contributed by atoms with Gasteiger partial charge in [0.2, 0.25) is 0 Å². The van der Waals surface area contributed by atoms with E-state index in [9.17, 15) is 13.6 Å². The van der Waals surface area contributed by atoms with Crippen LogP contribution in [0.25, 0.3) is 0 Å². The van der Waals surface area contributed by atoms with Gasteiger partial charge in [-0.1, -0.05) is 30.3 Å². The van der Waals surface area contributed by atoms with Crippen LogP contribution in [0.5, 0.6) is 0 Å². The average molecular weight is 244 g/mol. The van der Waals surface area contributed by atoms with Crippen LogP contribution in [0.3, 0.4) is 0 Å². The third-order valence-corrected chi connectivity index (χ3v) is 3.36. The first kappa shape index (κ1) is 11.1. The van der Waals surface area contributed by atoms with Gasteiger partial charge < -0.3 is 0 Å². The Balaban J connectivity index is 2.12.